The van der Waals surface area contributed by atoms with Crippen LogP contribution >= 0.6 is 0 Å². The summed E-state index contributed by atoms with van der Waals surface area (Å²) in [5.74, 6) is 0.469. The monoisotopic (exact) mass is 200 g/mol. The first-order chi connectivity index (χ1) is 6.70. The van der Waals surface area contributed by atoms with E-state index in [0.717, 1.165) is 19.3 Å². The van der Waals surface area contributed by atoms with Crippen molar-refractivity contribution in [1.29, 1.82) is 0 Å². The van der Waals surface area contributed by atoms with E-state index in [1.165, 1.54) is 12.8 Å². The Kier molecular flexibility index (Phi) is 8.70. The Balaban J connectivity index is 3.28. The molecule has 0 heterocycles. The summed E-state index contributed by atoms with van der Waals surface area (Å²) < 4.78 is 5.14. The number of hydrogen-bond acceptors (Lipinski definition) is 2. The highest BCUT2D eigenvalue weighted by atomic mass is 16.5. The third-order valence-electron chi connectivity index (χ3n) is 2.46. The van der Waals surface area contributed by atoms with Gasteiger partial charge in [0.15, 0.2) is 0 Å². The van der Waals surface area contributed by atoms with Gasteiger partial charge in [0, 0.05) is 6.42 Å². The van der Waals surface area contributed by atoms with E-state index < -0.39 is 0 Å². The maximum absolute atomic E-state index is 11.2. The predicted molar refractivity (Wildman–Crippen MR) is 59.2 cm³/mol. The van der Waals surface area contributed by atoms with Gasteiger partial charge in [0.05, 0.1) is 6.61 Å². The minimum atomic E-state index is -0.0265. The van der Waals surface area contributed by atoms with Crippen molar-refractivity contribution in [3.63, 3.8) is 0 Å². The summed E-state index contributed by atoms with van der Waals surface area (Å²) in [6.45, 7) is 6.97. The van der Waals surface area contributed by atoms with Gasteiger partial charge in [-0.2, -0.15) is 0 Å². The topological polar surface area (TPSA) is 26.3 Å². The fourth-order valence-corrected chi connectivity index (χ4v) is 1.12. The number of rotatable bonds is 8. The molecular weight excluding hydrogens is 176 g/mol. The van der Waals surface area contributed by atoms with Crippen LogP contribution in [0.3, 0.4) is 0 Å². The summed E-state index contributed by atoms with van der Waals surface area (Å²) >= 11 is 0. The summed E-state index contributed by atoms with van der Waals surface area (Å²) in [6.07, 6.45) is 6.22. The Morgan fingerprint density at radius 1 is 1.21 bits per heavy atom. The molecule has 1 atom stereocenters. The molecule has 0 aromatic rings. The number of unbranched alkanes of at least 4 members (excludes halogenated alkanes) is 3. The van der Waals surface area contributed by atoms with Crippen molar-refractivity contribution in [2.45, 2.75) is 59.3 Å². The lowest BCUT2D eigenvalue weighted by molar-refractivity contribution is -0.145. The lowest BCUT2D eigenvalue weighted by atomic mass is 10.1. The molecule has 0 unspecified atom stereocenters. The summed E-state index contributed by atoms with van der Waals surface area (Å²) in [4.78, 5) is 11.2. The van der Waals surface area contributed by atoms with Crippen molar-refractivity contribution in [2.75, 3.05) is 6.61 Å². The molecule has 0 fully saturated rings. The van der Waals surface area contributed by atoms with E-state index in [2.05, 4.69) is 20.8 Å². The van der Waals surface area contributed by atoms with Crippen molar-refractivity contribution < 1.29 is 9.53 Å². The van der Waals surface area contributed by atoms with Gasteiger partial charge < -0.3 is 4.74 Å². The second-order valence-corrected chi connectivity index (χ2v) is 4.01. The zero-order chi connectivity index (χ0) is 10.8. The number of hydrogen-bond donors (Lipinski definition) is 0. The average molecular weight is 200 g/mol. The van der Waals surface area contributed by atoms with Crippen molar-refractivity contribution in [3.8, 4) is 0 Å². The van der Waals surface area contributed by atoms with E-state index in [1.807, 2.05) is 0 Å². The first-order valence-corrected chi connectivity index (χ1v) is 5.86. The van der Waals surface area contributed by atoms with Crippen LogP contribution in [0.4, 0.5) is 0 Å². The van der Waals surface area contributed by atoms with Crippen molar-refractivity contribution in [3.05, 3.63) is 0 Å². The molecule has 0 aromatic heterocycles. The van der Waals surface area contributed by atoms with Crippen LogP contribution < -0.4 is 0 Å². The quantitative estimate of drug-likeness (QED) is 0.442. The third kappa shape index (κ3) is 8.09. The van der Waals surface area contributed by atoms with Gasteiger partial charge in [-0.3, -0.25) is 4.79 Å². The molecule has 0 N–H and O–H groups in total. The molecule has 84 valence electrons. The van der Waals surface area contributed by atoms with E-state index in [0.29, 0.717) is 18.9 Å². The van der Waals surface area contributed by atoms with Gasteiger partial charge >= 0.3 is 5.97 Å². The lowest BCUT2D eigenvalue weighted by Gasteiger charge is -2.09. The standard InChI is InChI=1S/C12H24O2/c1-4-6-7-8-9-12(13)14-10-11(3)5-2/h11H,4-10H2,1-3H3/t11-/m1/s1. The second kappa shape index (κ2) is 9.04. The fourth-order valence-electron chi connectivity index (χ4n) is 1.12. The maximum Gasteiger partial charge on any atom is 0.305 e. The second-order valence-electron chi connectivity index (χ2n) is 4.01. The van der Waals surface area contributed by atoms with Crippen LogP contribution in [-0.4, -0.2) is 12.6 Å². The van der Waals surface area contributed by atoms with Gasteiger partial charge in [-0.15, -0.1) is 0 Å². The average Bonchev–Trinajstić information content (AvgIpc) is 2.21. The SMILES string of the molecule is CCCCCCC(=O)OC[C@H](C)CC. The molecular formula is C12H24O2. The number of esters is 1. The van der Waals surface area contributed by atoms with E-state index in [-0.39, 0.29) is 5.97 Å². The summed E-state index contributed by atoms with van der Waals surface area (Å²) in [7, 11) is 0. The van der Waals surface area contributed by atoms with Crippen LogP contribution in [0.2, 0.25) is 0 Å². The van der Waals surface area contributed by atoms with Gasteiger partial charge in [0.1, 0.15) is 0 Å². The molecule has 0 saturated carbocycles. The molecule has 0 aromatic carbocycles. The van der Waals surface area contributed by atoms with Gasteiger partial charge in [0.2, 0.25) is 0 Å². The fraction of sp³-hybridized carbons (Fsp3) is 0.917. The van der Waals surface area contributed by atoms with Crippen LogP contribution in [0, 0.1) is 5.92 Å². The third-order valence-corrected chi connectivity index (χ3v) is 2.46. The lowest BCUT2D eigenvalue weighted by Crippen LogP contribution is -2.11. The molecule has 0 aliphatic carbocycles. The molecule has 14 heavy (non-hydrogen) atoms. The first-order valence-electron chi connectivity index (χ1n) is 5.86. The minimum absolute atomic E-state index is 0.0265. The Labute approximate surface area is 88.0 Å². The summed E-state index contributed by atoms with van der Waals surface area (Å²) in [6, 6.07) is 0. The molecule has 0 amide bonds. The number of carbonyl (C=O) groups excluding carboxylic acids is 1. The predicted octanol–water partition coefficient (Wildman–Crippen LogP) is 3.55. The van der Waals surface area contributed by atoms with Crippen LogP contribution in [0.15, 0.2) is 0 Å². The molecule has 0 saturated heterocycles. The molecule has 0 spiro atoms. The van der Waals surface area contributed by atoms with Crippen LogP contribution in [0.25, 0.3) is 0 Å². The smallest absolute Gasteiger partial charge is 0.305 e. The molecule has 0 aliphatic heterocycles. The Morgan fingerprint density at radius 3 is 2.50 bits per heavy atom. The molecule has 2 nitrogen and oxygen atoms in total. The van der Waals surface area contributed by atoms with Crippen LogP contribution in [0.1, 0.15) is 59.3 Å². The zero-order valence-corrected chi connectivity index (χ0v) is 9.84. The summed E-state index contributed by atoms with van der Waals surface area (Å²) in [5, 5.41) is 0. The Morgan fingerprint density at radius 2 is 1.93 bits per heavy atom. The number of ether oxygens (including phenoxy) is 1. The Hall–Kier alpha value is -0.530. The zero-order valence-electron chi connectivity index (χ0n) is 9.84. The van der Waals surface area contributed by atoms with Crippen molar-refractivity contribution in [2.24, 2.45) is 5.92 Å². The van der Waals surface area contributed by atoms with Gasteiger partial charge in [0.25, 0.3) is 0 Å². The number of carbonyl (C=O) groups is 1. The summed E-state index contributed by atoms with van der Waals surface area (Å²) in [5.41, 5.74) is 0. The normalized spacial score (nSPS) is 12.5. The molecule has 0 aliphatic rings. The van der Waals surface area contributed by atoms with Crippen LogP contribution in [-0.2, 0) is 9.53 Å². The van der Waals surface area contributed by atoms with Crippen LogP contribution in [0.5, 0.6) is 0 Å². The highest BCUT2D eigenvalue weighted by Gasteiger charge is 2.05. The van der Waals surface area contributed by atoms with E-state index in [9.17, 15) is 4.79 Å². The first kappa shape index (κ1) is 13.5. The van der Waals surface area contributed by atoms with E-state index in [4.69, 9.17) is 4.74 Å². The van der Waals surface area contributed by atoms with Crippen molar-refractivity contribution in [1.82, 2.24) is 0 Å². The molecule has 2 heteroatoms. The molecule has 0 radical (unpaired) electrons. The largest absolute Gasteiger partial charge is 0.465 e. The Bertz CT molecular complexity index is 143. The van der Waals surface area contributed by atoms with E-state index in [1.54, 1.807) is 0 Å². The van der Waals surface area contributed by atoms with Gasteiger partial charge in [-0.05, 0) is 12.3 Å². The van der Waals surface area contributed by atoms with Gasteiger partial charge in [-0.1, -0.05) is 46.5 Å². The highest BCUT2D eigenvalue weighted by molar-refractivity contribution is 5.69. The van der Waals surface area contributed by atoms with E-state index >= 15 is 0 Å². The molecule has 0 rings (SSSR count). The maximum atomic E-state index is 11.2. The highest BCUT2D eigenvalue weighted by Crippen LogP contribution is 2.05. The molecule has 0 bridgehead atoms. The van der Waals surface area contributed by atoms with Gasteiger partial charge in [-0.25, -0.2) is 0 Å². The van der Waals surface area contributed by atoms with Crippen molar-refractivity contribution >= 4 is 5.97 Å². The minimum Gasteiger partial charge on any atom is -0.465 e.